The fraction of sp³-hybridized carbons (Fsp3) is 0.947. The van der Waals surface area contributed by atoms with Gasteiger partial charge in [0.2, 0.25) is 0 Å². The number of likely N-dealkylation sites (tertiary alicyclic amines) is 1. The fourth-order valence-corrected chi connectivity index (χ4v) is 4.33. The molecule has 2 aliphatic rings. The summed E-state index contributed by atoms with van der Waals surface area (Å²) in [5, 5.41) is 3.88. The minimum Gasteiger partial charge on any atom is -0.444 e. The van der Waals surface area contributed by atoms with Gasteiger partial charge in [-0.2, -0.15) is 0 Å². The summed E-state index contributed by atoms with van der Waals surface area (Å²) in [6.07, 6.45) is 4.43. The molecule has 0 bridgehead atoms. The van der Waals surface area contributed by atoms with Gasteiger partial charge in [-0.3, -0.25) is 0 Å². The van der Waals surface area contributed by atoms with Crippen molar-refractivity contribution >= 4 is 6.09 Å². The SMILES string of the molecule is CC1CC(C)(C)CC1NC1CCN(C(=O)OC(C)(C)C)C(C)C1. The minimum absolute atomic E-state index is 0.168. The third-order valence-corrected chi connectivity index (χ3v) is 5.29. The minimum atomic E-state index is -0.420. The highest BCUT2D eigenvalue weighted by Crippen LogP contribution is 2.41. The van der Waals surface area contributed by atoms with E-state index in [4.69, 9.17) is 4.74 Å². The van der Waals surface area contributed by atoms with Gasteiger partial charge in [-0.15, -0.1) is 0 Å². The van der Waals surface area contributed by atoms with Crippen LogP contribution in [0.1, 0.15) is 74.1 Å². The lowest BCUT2D eigenvalue weighted by Crippen LogP contribution is -2.53. The van der Waals surface area contributed by atoms with Crippen LogP contribution in [0.3, 0.4) is 0 Å². The van der Waals surface area contributed by atoms with Gasteiger partial charge in [0.25, 0.3) is 0 Å². The van der Waals surface area contributed by atoms with E-state index in [-0.39, 0.29) is 12.1 Å². The lowest BCUT2D eigenvalue weighted by Gasteiger charge is -2.40. The van der Waals surface area contributed by atoms with Crippen molar-refractivity contribution in [2.75, 3.05) is 6.54 Å². The fourth-order valence-electron chi connectivity index (χ4n) is 4.33. The lowest BCUT2D eigenvalue weighted by atomic mass is 9.91. The second-order valence-corrected chi connectivity index (χ2v) is 9.57. The van der Waals surface area contributed by atoms with Gasteiger partial charge in [0.15, 0.2) is 0 Å². The van der Waals surface area contributed by atoms with Crippen LogP contribution in [0.15, 0.2) is 0 Å². The maximum absolute atomic E-state index is 12.3. The summed E-state index contributed by atoms with van der Waals surface area (Å²) in [4.78, 5) is 14.2. The highest BCUT2D eigenvalue weighted by molar-refractivity contribution is 5.68. The average molecular weight is 325 g/mol. The van der Waals surface area contributed by atoms with Gasteiger partial charge in [-0.05, 0) is 64.7 Å². The molecule has 1 saturated heterocycles. The number of carbonyl (C=O) groups excluding carboxylic acids is 1. The zero-order valence-corrected chi connectivity index (χ0v) is 16.1. The van der Waals surface area contributed by atoms with E-state index in [1.165, 1.54) is 12.8 Å². The van der Waals surface area contributed by atoms with E-state index in [0.717, 1.165) is 25.3 Å². The molecule has 1 saturated carbocycles. The predicted octanol–water partition coefficient (Wildman–Crippen LogP) is 4.19. The molecule has 4 atom stereocenters. The standard InChI is InChI=1S/C19H36N2O2/c1-13-11-19(6,7)12-16(13)20-15-8-9-21(14(2)10-15)17(22)23-18(3,4)5/h13-16,20H,8-12H2,1-7H3. The smallest absolute Gasteiger partial charge is 0.410 e. The number of piperidine rings is 1. The number of carbonyl (C=O) groups is 1. The molecule has 1 aliphatic carbocycles. The first-order valence-corrected chi connectivity index (χ1v) is 9.22. The molecule has 4 nitrogen and oxygen atoms in total. The van der Waals surface area contributed by atoms with Gasteiger partial charge in [0, 0.05) is 24.7 Å². The third-order valence-electron chi connectivity index (χ3n) is 5.29. The molecule has 23 heavy (non-hydrogen) atoms. The molecule has 4 unspecified atom stereocenters. The van der Waals surface area contributed by atoms with Crippen molar-refractivity contribution < 1.29 is 9.53 Å². The van der Waals surface area contributed by atoms with Gasteiger partial charge in [-0.25, -0.2) is 4.79 Å². The van der Waals surface area contributed by atoms with Crippen LogP contribution in [-0.4, -0.2) is 41.3 Å². The van der Waals surface area contributed by atoms with Crippen molar-refractivity contribution in [3.63, 3.8) is 0 Å². The molecule has 0 spiro atoms. The molecule has 134 valence electrons. The molecule has 0 aromatic rings. The monoisotopic (exact) mass is 324 g/mol. The van der Waals surface area contributed by atoms with E-state index in [0.29, 0.717) is 17.5 Å². The van der Waals surface area contributed by atoms with Crippen molar-refractivity contribution in [1.29, 1.82) is 0 Å². The van der Waals surface area contributed by atoms with Crippen LogP contribution in [-0.2, 0) is 4.74 Å². The van der Waals surface area contributed by atoms with Crippen molar-refractivity contribution in [2.45, 2.75) is 97.9 Å². The second-order valence-electron chi connectivity index (χ2n) is 9.57. The number of hydrogen-bond donors (Lipinski definition) is 1. The summed E-state index contributed by atoms with van der Waals surface area (Å²) >= 11 is 0. The molecule has 0 radical (unpaired) electrons. The van der Waals surface area contributed by atoms with Gasteiger partial charge < -0.3 is 15.0 Å². The first-order chi connectivity index (χ1) is 10.5. The molecule has 1 N–H and O–H groups in total. The molecule has 0 aromatic heterocycles. The Morgan fingerprint density at radius 1 is 1.22 bits per heavy atom. The van der Waals surface area contributed by atoms with E-state index in [1.54, 1.807) is 0 Å². The largest absolute Gasteiger partial charge is 0.444 e. The Hall–Kier alpha value is -0.770. The maximum atomic E-state index is 12.3. The van der Waals surface area contributed by atoms with Gasteiger partial charge in [0.1, 0.15) is 5.60 Å². The Morgan fingerprint density at radius 2 is 1.87 bits per heavy atom. The summed E-state index contributed by atoms with van der Waals surface area (Å²) in [5.41, 5.74) is 0.0384. The predicted molar refractivity (Wildman–Crippen MR) is 94.5 cm³/mol. The summed E-state index contributed by atoms with van der Waals surface area (Å²) in [5.74, 6) is 0.740. The van der Waals surface area contributed by atoms with Crippen LogP contribution >= 0.6 is 0 Å². The van der Waals surface area contributed by atoms with Crippen LogP contribution in [0.25, 0.3) is 0 Å². The van der Waals surface area contributed by atoms with E-state index in [9.17, 15) is 4.79 Å². The van der Waals surface area contributed by atoms with Crippen molar-refractivity contribution in [3.8, 4) is 0 Å². The first-order valence-electron chi connectivity index (χ1n) is 9.22. The molecular weight excluding hydrogens is 288 g/mol. The Kier molecular flexibility index (Phi) is 5.34. The van der Waals surface area contributed by atoms with Crippen molar-refractivity contribution in [3.05, 3.63) is 0 Å². The Bertz CT molecular complexity index is 428. The van der Waals surface area contributed by atoms with E-state index in [2.05, 4.69) is 33.0 Å². The van der Waals surface area contributed by atoms with Gasteiger partial charge in [-0.1, -0.05) is 20.8 Å². The molecule has 1 amide bonds. The number of hydrogen-bond acceptors (Lipinski definition) is 3. The van der Waals surface area contributed by atoms with E-state index in [1.807, 2.05) is 25.7 Å². The lowest BCUT2D eigenvalue weighted by molar-refractivity contribution is 0.00881. The van der Waals surface area contributed by atoms with E-state index >= 15 is 0 Å². The highest BCUT2D eigenvalue weighted by Gasteiger charge is 2.39. The van der Waals surface area contributed by atoms with Crippen molar-refractivity contribution in [2.24, 2.45) is 11.3 Å². The first kappa shape index (κ1) is 18.6. The maximum Gasteiger partial charge on any atom is 0.410 e. The molecular formula is C19H36N2O2. The number of nitrogens with zero attached hydrogens (tertiary/aromatic N) is 1. The second kappa shape index (κ2) is 6.62. The summed E-state index contributed by atoms with van der Waals surface area (Å²) in [7, 11) is 0. The topological polar surface area (TPSA) is 41.6 Å². The number of amides is 1. The molecule has 2 rings (SSSR count). The van der Waals surface area contributed by atoms with Crippen LogP contribution in [0.5, 0.6) is 0 Å². The highest BCUT2D eigenvalue weighted by atomic mass is 16.6. The Morgan fingerprint density at radius 3 is 2.35 bits per heavy atom. The third kappa shape index (κ3) is 5.10. The van der Waals surface area contributed by atoms with Crippen LogP contribution in [0.4, 0.5) is 4.79 Å². The summed E-state index contributed by atoms with van der Waals surface area (Å²) in [6.45, 7) is 15.8. The molecule has 2 fully saturated rings. The molecule has 0 aromatic carbocycles. The van der Waals surface area contributed by atoms with Crippen molar-refractivity contribution in [1.82, 2.24) is 10.2 Å². The zero-order valence-electron chi connectivity index (χ0n) is 16.1. The quantitative estimate of drug-likeness (QED) is 0.828. The number of nitrogens with one attached hydrogen (secondary N) is 1. The van der Waals surface area contributed by atoms with Crippen LogP contribution in [0.2, 0.25) is 0 Å². The normalized spacial score (nSPS) is 34.5. The molecule has 1 heterocycles. The Balaban J connectivity index is 1.86. The molecule has 4 heteroatoms. The number of ether oxygens (including phenoxy) is 1. The van der Waals surface area contributed by atoms with Gasteiger partial charge in [0.05, 0.1) is 0 Å². The van der Waals surface area contributed by atoms with Gasteiger partial charge >= 0.3 is 6.09 Å². The zero-order chi connectivity index (χ0) is 17.4. The number of rotatable bonds is 2. The average Bonchev–Trinajstić information content (AvgIpc) is 2.59. The van der Waals surface area contributed by atoms with E-state index < -0.39 is 5.60 Å². The van der Waals surface area contributed by atoms with Crippen LogP contribution in [0, 0.1) is 11.3 Å². The van der Waals surface area contributed by atoms with Crippen LogP contribution < -0.4 is 5.32 Å². The Labute approximate surface area is 142 Å². The summed E-state index contributed by atoms with van der Waals surface area (Å²) in [6, 6.07) is 1.38. The summed E-state index contributed by atoms with van der Waals surface area (Å²) < 4.78 is 5.53. The molecule has 1 aliphatic heterocycles.